The van der Waals surface area contributed by atoms with Crippen LogP contribution >= 0.6 is 0 Å². The van der Waals surface area contributed by atoms with E-state index in [-0.39, 0.29) is 5.91 Å². The van der Waals surface area contributed by atoms with E-state index >= 15 is 0 Å². The summed E-state index contributed by atoms with van der Waals surface area (Å²) in [5, 5.41) is 6.68. The van der Waals surface area contributed by atoms with Crippen molar-refractivity contribution in [3.63, 3.8) is 0 Å². The predicted molar refractivity (Wildman–Crippen MR) is 86.4 cm³/mol. The van der Waals surface area contributed by atoms with Crippen molar-refractivity contribution in [3.8, 4) is 0 Å². The molecule has 21 heavy (non-hydrogen) atoms. The molecule has 2 bridgehead atoms. The second-order valence-corrected chi connectivity index (χ2v) is 6.67. The molecule has 1 amide bonds. The van der Waals surface area contributed by atoms with E-state index in [1.54, 1.807) is 0 Å². The van der Waals surface area contributed by atoms with Crippen LogP contribution in [0.15, 0.2) is 24.3 Å². The molecule has 2 unspecified atom stereocenters. The van der Waals surface area contributed by atoms with Gasteiger partial charge in [-0.05, 0) is 55.7 Å². The molecule has 1 aromatic rings. The Hall–Kier alpha value is -1.35. The Kier molecular flexibility index (Phi) is 4.59. The second kappa shape index (κ2) is 6.61. The molecule has 0 aliphatic carbocycles. The number of piperidine rings is 1. The minimum atomic E-state index is 0.171. The number of hydrogen-bond acceptors (Lipinski definition) is 2. The Bertz CT molecular complexity index is 470. The van der Waals surface area contributed by atoms with Crippen LogP contribution < -0.4 is 10.6 Å². The number of amides is 1. The molecule has 0 spiro atoms. The molecule has 2 aliphatic rings. The summed E-state index contributed by atoms with van der Waals surface area (Å²) in [5.74, 6) is 0.729. The van der Waals surface area contributed by atoms with Crippen LogP contribution in [0.25, 0.3) is 0 Å². The number of carbonyl (C=O) groups excluding carboxylic acids is 1. The number of nitrogens with one attached hydrogen (secondary N) is 2. The first-order valence-electron chi connectivity index (χ1n) is 8.37. The maximum absolute atomic E-state index is 12.2. The normalized spacial score (nSPS) is 27.6. The summed E-state index contributed by atoms with van der Waals surface area (Å²) < 4.78 is 0. The minimum absolute atomic E-state index is 0.171. The molecule has 2 N–H and O–H groups in total. The molecule has 0 radical (unpaired) electrons. The van der Waals surface area contributed by atoms with Gasteiger partial charge >= 0.3 is 0 Å². The summed E-state index contributed by atoms with van der Waals surface area (Å²) in [6.45, 7) is 2.18. The smallest absolute Gasteiger partial charge is 0.224 e. The number of carbonyl (C=O) groups is 1. The van der Waals surface area contributed by atoms with Crippen molar-refractivity contribution in [2.24, 2.45) is 5.92 Å². The fourth-order valence-corrected chi connectivity index (χ4v) is 3.86. The lowest BCUT2D eigenvalue weighted by molar-refractivity contribution is -0.117. The van der Waals surface area contributed by atoms with Crippen molar-refractivity contribution >= 4 is 11.6 Å². The highest BCUT2D eigenvalue weighted by Crippen LogP contribution is 2.32. The quantitative estimate of drug-likeness (QED) is 0.870. The average Bonchev–Trinajstić information content (AvgIpc) is 2.80. The summed E-state index contributed by atoms with van der Waals surface area (Å²) in [5.41, 5.74) is 2.27. The van der Waals surface area contributed by atoms with Gasteiger partial charge < -0.3 is 10.6 Å². The van der Waals surface area contributed by atoms with Gasteiger partial charge in [-0.25, -0.2) is 0 Å². The third kappa shape index (κ3) is 3.85. The van der Waals surface area contributed by atoms with Gasteiger partial charge in [0.2, 0.25) is 5.91 Å². The number of benzene rings is 1. The van der Waals surface area contributed by atoms with Gasteiger partial charge in [-0.15, -0.1) is 0 Å². The zero-order valence-corrected chi connectivity index (χ0v) is 12.9. The molecule has 0 aromatic heterocycles. The zero-order chi connectivity index (χ0) is 14.7. The topological polar surface area (TPSA) is 41.1 Å². The van der Waals surface area contributed by atoms with E-state index in [2.05, 4.69) is 29.7 Å². The minimum Gasteiger partial charge on any atom is -0.326 e. The van der Waals surface area contributed by atoms with Gasteiger partial charge in [0.1, 0.15) is 0 Å². The van der Waals surface area contributed by atoms with E-state index in [1.807, 2.05) is 12.1 Å². The number of rotatable bonds is 5. The number of hydrogen-bond donors (Lipinski definition) is 2. The summed E-state index contributed by atoms with van der Waals surface area (Å²) in [6.07, 6.45) is 7.85. The standard InChI is InChI=1S/C18H26N2O/c1-2-3-13-4-6-15(7-5-13)20-18(21)12-14-10-16-8-9-17(11-14)19-16/h4-7,14,16-17,19H,2-3,8-12H2,1H3,(H,20,21). The number of anilines is 1. The molecule has 2 saturated heterocycles. The van der Waals surface area contributed by atoms with Crippen LogP contribution in [-0.4, -0.2) is 18.0 Å². The Balaban J connectivity index is 1.49. The van der Waals surface area contributed by atoms with E-state index in [1.165, 1.54) is 31.2 Å². The van der Waals surface area contributed by atoms with E-state index in [4.69, 9.17) is 0 Å². The molecule has 2 aliphatic heterocycles. The van der Waals surface area contributed by atoms with E-state index < -0.39 is 0 Å². The highest BCUT2D eigenvalue weighted by molar-refractivity contribution is 5.90. The first-order valence-corrected chi connectivity index (χ1v) is 8.37. The van der Waals surface area contributed by atoms with Crippen LogP contribution in [0.1, 0.15) is 51.0 Å². The Labute approximate surface area is 127 Å². The van der Waals surface area contributed by atoms with Crippen molar-refractivity contribution in [2.45, 2.75) is 64.0 Å². The van der Waals surface area contributed by atoms with Crippen LogP contribution in [0.3, 0.4) is 0 Å². The van der Waals surface area contributed by atoms with Crippen LogP contribution in [-0.2, 0) is 11.2 Å². The largest absolute Gasteiger partial charge is 0.326 e. The van der Waals surface area contributed by atoms with Gasteiger partial charge in [0.15, 0.2) is 0 Å². The first-order chi connectivity index (χ1) is 10.2. The third-order valence-electron chi connectivity index (χ3n) is 4.82. The molecule has 2 atom stereocenters. The lowest BCUT2D eigenvalue weighted by atomic mass is 9.89. The van der Waals surface area contributed by atoms with Crippen LogP contribution in [0.4, 0.5) is 5.69 Å². The number of aryl methyl sites for hydroxylation is 1. The molecule has 1 aromatic carbocycles. The summed E-state index contributed by atoms with van der Waals surface area (Å²) in [7, 11) is 0. The van der Waals surface area contributed by atoms with Crippen molar-refractivity contribution < 1.29 is 4.79 Å². The molecule has 2 heterocycles. The van der Waals surface area contributed by atoms with E-state index in [9.17, 15) is 4.79 Å². The maximum Gasteiger partial charge on any atom is 0.224 e. The molecule has 0 saturated carbocycles. The molecule has 2 fully saturated rings. The van der Waals surface area contributed by atoms with Crippen molar-refractivity contribution in [1.82, 2.24) is 5.32 Å². The van der Waals surface area contributed by atoms with Gasteiger partial charge in [-0.1, -0.05) is 25.5 Å². The third-order valence-corrected chi connectivity index (χ3v) is 4.82. The SMILES string of the molecule is CCCc1ccc(NC(=O)CC2CC3CCC(C2)N3)cc1. The van der Waals surface area contributed by atoms with E-state index in [0.717, 1.165) is 18.5 Å². The molecule has 3 rings (SSSR count). The molecule has 3 heteroatoms. The first kappa shape index (κ1) is 14.6. The Morgan fingerprint density at radius 1 is 1.19 bits per heavy atom. The van der Waals surface area contributed by atoms with Gasteiger partial charge in [0, 0.05) is 24.2 Å². The summed E-state index contributed by atoms with van der Waals surface area (Å²) in [6, 6.07) is 9.60. The van der Waals surface area contributed by atoms with Gasteiger partial charge in [-0.3, -0.25) is 4.79 Å². The molecular formula is C18H26N2O. The highest BCUT2D eigenvalue weighted by atomic mass is 16.1. The summed E-state index contributed by atoms with van der Waals surface area (Å²) >= 11 is 0. The predicted octanol–water partition coefficient (Wildman–Crippen LogP) is 3.50. The van der Waals surface area contributed by atoms with Crippen LogP contribution in [0, 0.1) is 5.92 Å². The van der Waals surface area contributed by atoms with Crippen molar-refractivity contribution in [2.75, 3.05) is 5.32 Å². The monoisotopic (exact) mass is 286 g/mol. The van der Waals surface area contributed by atoms with Crippen molar-refractivity contribution in [1.29, 1.82) is 0 Å². The number of fused-ring (bicyclic) bond motifs is 2. The van der Waals surface area contributed by atoms with Crippen LogP contribution in [0.2, 0.25) is 0 Å². The Morgan fingerprint density at radius 3 is 2.48 bits per heavy atom. The molecule has 3 nitrogen and oxygen atoms in total. The van der Waals surface area contributed by atoms with Gasteiger partial charge in [0.05, 0.1) is 0 Å². The van der Waals surface area contributed by atoms with Gasteiger partial charge in [-0.2, -0.15) is 0 Å². The average molecular weight is 286 g/mol. The maximum atomic E-state index is 12.2. The van der Waals surface area contributed by atoms with Crippen LogP contribution in [0.5, 0.6) is 0 Å². The molecule has 114 valence electrons. The lowest BCUT2D eigenvalue weighted by Crippen LogP contribution is -2.39. The summed E-state index contributed by atoms with van der Waals surface area (Å²) in [4.78, 5) is 12.2. The Morgan fingerprint density at radius 2 is 1.86 bits per heavy atom. The fraction of sp³-hybridized carbons (Fsp3) is 0.611. The fourth-order valence-electron chi connectivity index (χ4n) is 3.86. The second-order valence-electron chi connectivity index (χ2n) is 6.67. The van der Waals surface area contributed by atoms with Crippen molar-refractivity contribution in [3.05, 3.63) is 29.8 Å². The highest BCUT2D eigenvalue weighted by Gasteiger charge is 2.34. The zero-order valence-electron chi connectivity index (χ0n) is 12.9. The lowest BCUT2D eigenvalue weighted by Gasteiger charge is -2.28. The van der Waals surface area contributed by atoms with Gasteiger partial charge in [0.25, 0.3) is 0 Å². The molecular weight excluding hydrogens is 260 g/mol. The van der Waals surface area contributed by atoms with E-state index in [0.29, 0.717) is 24.4 Å².